The molecule has 0 spiro atoms. The molecule has 0 bridgehead atoms. The maximum Gasteiger partial charge on any atom is 0.216 e. The van der Waals surface area contributed by atoms with Crippen LogP contribution in [-0.4, -0.2) is 0 Å². The Morgan fingerprint density at radius 2 is 1.83 bits per heavy atom. The van der Waals surface area contributed by atoms with Crippen molar-refractivity contribution in [2.24, 2.45) is 13.0 Å². The number of nitriles is 1. The van der Waals surface area contributed by atoms with Crippen LogP contribution < -0.4 is 4.57 Å². The van der Waals surface area contributed by atoms with Gasteiger partial charge in [0.25, 0.3) is 0 Å². The van der Waals surface area contributed by atoms with Crippen molar-refractivity contribution in [1.29, 1.82) is 5.26 Å². The third-order valence-corrected chi connectivity index (χ3v) is 5.88. The predicted molar refractivity (Wildman–Crippen MR) is 122 cm³/mol. The lowest BCUT2D eigenvalue weighted by Crippen LogP contribution is -2.30. The van der Waals surface area contributed by atoms with Crippen LogP contribution >= 0.6 is 0 Å². The largest absolute Gasteiger partial charge is 0.455 e. The number of fused-ring (bicyclic) bond motifs is 3. The molecular formula is C27H29N2O+. The number of hydrogen-bond donors (Lipinski definition) is 0. The number of pyridine rings is 1. The fourth-order valence-corrected chi connectivity index (χ4v) is 4.62. The quantitative estimate of drug-likeness (QED) is 0.365. The molecule has 3 heteroatoms. The molecule has 2 heterocycles. The van der Waals surface area contributed by atoms with Crippen LogP contribution in [0.3, 0.4) is 0 Å². The molecule has 3 nitrogen and oxygen atoms in total. The van der Waals surface area contributed by atoms with E-state index in [1.165, 1.54) is 11.1 Å². The average Bonchev–Trinajstić information content (AvgIpc) is 3.06. The number of hydrogen-bond acceptors (Lipinski definition) is 2. The Hall–Kier alpha value is -3.12. The fraction of sp³-hybridized carbons (Fsp3) is 0.333. The highest BCUT2D eigenvalue weighted by Crippen LogP contribution is 2.42. The molecule has 4 aromatic rings. The molecule has 0 N–H and O–H groups in total. The summed E-state index contributed by atoms with van der Waals surface area (Å²) in [6, 6.07) is 15.0. The van der Waals surface area contributed by atoms with Crippen LogP contribution in [0.4, 0.5) is 0 Å². The van der Waals surface area contributed by atoms with Gasteiger partial charge in [-0.25, -0.2) is 4.57 Å². The summed E-state index contributed by atoms with van der Waals surface area (Å²) in [6.45, 7) is 11.0. The lowest BCUT2D eigenvalue weighted by atomic mass is 9.88. The highest BCUT2D eigenvalue weighted by molar-refractivity contribution is 6.13. The molecule has 152 valence electrons. The van der Waals surface area contributed by atoms with Crippen molar-refractivity contribution in [2.45, 2.75) is 47.0 Å². The van der Waals surface area contributed by atoms with Crippen molar-refractivity contribution in [1.82, 2.24) is 0 Å². The summed E-state index contributed by atoms with van der Waals surface area (Å²) in [6.07, 6.45) is 2.99. The highest BCUT2D eigenvalue weighted by atomic mass is 16.3. The first kappa shape index (κ1) is 20.2. The van der Waals surface area contributed by atoms with Crippen molar-refractivity contribution >= 4 is 21.9 Å². The molecule has 0 fully saturated rings. The molecule has 0 unspecified atom stereocenters. The van der Waals surface area contributed by atoms with Crippen molar-refractivity contribution < 1.29 is 8.98 Å². The Morgan fingerprint density at radius 3 is 2.47 bits per heavy atom. The van der Waals surface area contributed by atoms with Gasteiger partial charge < -0.3 is 4.42 Å². The first-order valence-electron chi connectivity index (χ1n) is 10.7. The number of aromatic nitrogens is 1. The zero-order valence-electron chi connectivity index (χ0n) is 18.7. The van der Waals surface area contributed by atoms with Crippen molar-refractivity contribution in [2.75, 3.05) is 0 Å². The van der Waals surface area contributed by atoms with Crippen LogP contribution in [0.5, 0.6) is 0 Å². The van der Waals surface area contributed by atoms with Gasteiger partial charge in [-0.3, -0.25) is 0 Å². The van der Waals surface area contributed by atoms with Gasteiger partial charge in [0.15, 0.2) is 6.20 Å². The summed E-state index contributed by atoms with van der Waals surface area (Å²) in [4.78, 5) is 0. The van der Waals surface area contributed by atoms with Gasteiger partial charge in [-0.15, -0.1) is 0 Å². The van der Waals surface area contributed by atoms with Crippen molar-refractivity contribution in [3.63, 3.8) is 0 Å². The Morgan fingerprint density at radius 1 is 1.07 bits per heavy atom. The molecular weight excluding hydrogens is 368 g/mol. The second-order valence-electron chi connectivity index (χ2n) is 9.00. The Bertz CT molecular complexity index is 1300. The molecule has 0 aliphatic rings. The Labute approximate surface area is 178 Å². The number of rotatable bonds is 4. The fourth-order valence-electron chi connectivity index (χ4n) is 4.62. The van der Waals surface area contributed by atoms with E-state index < -0.39 is 0 Å². The van der Waals surface area contributed by atoms with Crippen LogP contribution in [0.2, 0.25) is 0 Å². The second kappa shape index (κ2) is 7.61. The van der Waals surface area contributed by atoms with Gasteiger partial charge in [-0.1, -0.05) is 39.8 Å². The van der Waals surface area contributed by atoms with Gasteiger partial charge >= 0.3 is 0 Å². The zero-order valence-corrected chi connectivity index (χ0v) is 18.7. The standard InChI is InChI=1S/C27H29N2O/c1-16(2)13-19-14-20(15-28)25-21-11-10-18(5)24(22-9-7-8-12-29(22)6)26(21)30-27(25)23(19)17(3)4/h7-12,14,16-17H,13H2,1-6H3/q+1. The molecule has 0 aliphatic carbocycles. The summed E-state index contributed by atoms with van der Waals surface area (Å²) < 4.78 is 8.79. The third-order valence-electron chi connectivity index (χ3n) is 5.88. The number of aryl methyl sites for hydroxylation is 2. The van der Waals surface area contributed by atoms with Crippen LogP contribution in [-0.2, 0) is 13.5 Å². The monoisotopic (exact) mass is 397 g/mol. The first-order chi connectivity index (χ1) is 14.3. The zero-order chi connectivity index (χ0) is 21.6. The summed E-state index contributed by atoms with van der Waals surface area (Å²) in [5.74, 6) is 0.823. The van der Waals surface area contributed by atoms with Gasteiger partial charge in [0, 0.05) is 28.5 Å². The highest BCUT2D eigenvalue weighted by Gasteiger charge is 2.25. The van der Waals surface area contributed by atoms with Crippen LogP contribution in [0.15, 0.2) is 47.0 Å². The molecule has 0 atom stereocenters. The van der Waals surface area contributed by atoms with E-state index in [2.05, 4.69) is 88.8 Å². The van der Waals surface area contributed by atoms with Gasteiger partial charge in [0.05, 0.1) is 17.2 Å². The smallest absolute Gasteiger partial charge is 0.216 e. The van der Waals surface area contributed by atoms with E-state index >= 15 is 0 Å². The number of benzene rings is 2. The van der Waals surface area contributed by atoms with E-state index in [1.54, 1.807) is 0 Å². The molecule has 2 aromatic carbocycles. The van der Waals surface area contributed by atoms with Gasteiger partial charge in [0.2, 0.25) is 5.69 Å². The molecule has 30 heavy (non-hydrogen) atoms. The first-order valence-corrected chi connectivity index (χ1v) is 10.7. The van der Waals surface area contributed by atoms with Gasteiger partial charge in [0.1, 0.15) is 18.2 Å². The number of nitrogens with zero attached hydrogens (tertiary/aromatic N) is 2. The van der Waals surface area contributed by atoms with Gasteiger partial charge in [-0.05, 0) is 48.4 Å². The maximum absolute atomic E-state index is 9.99. The molecule has 0 aliphatic heterocycles. The Balaban J connectivity index is 2.19. The minimum Gasteiger partial charge on any atom is -0.455 e. The summed E-state index contributed by atoms with van der Waals surface area (Å²) in [5, 5.41) is 12.0. The normalized spacial score (nSPS) is 11.7. The van der Waals surface area contributed by atoms with Crippen molar-refractivity contribution in [3.8, 4) is 17.3 Å². The van der Waals surface area contributed by atoms with E-state index in [1.807, 2.05) is 6.07 Å². The minimum atomic E-state index is 0.312. The molecule has 2 aromatic heterocycles. The molecule has 0 amide bonds. The maximum atomic E-state index is 9.99. The topological polar surface area (TPSA) is 40.8 Å². The van der Waals surface area contributed by atoms with E-state index in [0.717, 1.165) is 45.2 Å². The Kier molecular flexibility index (Phi) is 5.12. The lowest BCUT2D eigenvalue weighted by molar-refractivity contribution is -0.660. The third kappa shape index (κ3) is 3.17. The van der Waals surface area contributed by atoms with Gasteiger partial charge in [-0.2, -0.15) is 5.26 Å². The van der Waals surface area contributed by atoms with Crippen LogP contribution in [0.25, 0.3) is 33.2 Å². The number of furan rings is 1. The second-order valence-corrected chi connectivity index (χ2v) is 9.00. The molecule has 4 rings (SSSR count). The van der Waals surface area contributed by atoms with Crippen LogP contribution in [0, 0.1) is 24.2 Å². The molecule has 0 radical (unpaired) electrons. The van der Waals surface area contributed by atoms with Crippen molar-refractivity contribution in [3.05, 3.63) is 64.8 Å². The minimum absolute atomic E-state index is 0.312. The van der Waals surface area contributed by atoms with E-state index in [9.17, 15) is 5.26 Å². The summed E-state index contributed by atoms with van der Waals surface area (Å²) >= 11 is 0. The average molecular weight is 398 g/mol. The predicted octanol–water partition coefficient (Wildman–Crippen LogP) is 6.58. The molecule has 0 saturated carbocycles. The SMILES string of the molecule is Cc1ccc2c(oc3c(C(C)C)c(CC(C)C)cc(C#N)c32)c1-c1cccc[n+]1C. The molecule has 0 saturated heterocycles. The summed E-state index contributed by atoms with van der Waals surface area (Å²) in [5.41, 5.74) is 8.27. The van der Waals surface area contributed by atoms with E-state index in [4.69, 9.17) is 4.42 Å². The lowest BCUT2D eigenvalue weighted by Gasteiger charge is -2.16. The summed E-state index contributed by atoms with van der Waals surface area (Å²) in [7, 11) is 2.05. The van der Waals surface area contributed by atoms with E-state index in [-0.39, 0.29) is 0 Å². The van der Waals surface area contributed by atoms with E-state index in [0.29, 0.717) is 17.4 Å². The van der Waals surface area contributed by atoms with Crippen LogP contribution in [0.1, 0.15) is 55.9 Å².